The van der Waals surface area contributed by atoms with E-state index < -0.39 is 5.97 Å². The molecule has 28 heavy (non-hydrogen) atoms. The van der Waals surface area contributed by atoms with Crippen molar-refractivity contribution < 1.29 is 9.53 Å². The molecule has 0 amide bonds. The molecule has 2 heterocycles. The molecule has 6 heteroatoms. The molecule has 0 aliphatic heterocycles. The van der Waals surface area contributed by atoms with Gasteiger partial charge in [-0.1, -0.05) is 59.8 Å². The first kappa shape index (κ1) is 17.6. The zero-order chi connectivity index (χ0) is 19.2. The van der Waals surface area contributed by atoms with Crippen LogP contribution < -0.4 is 0 Å². The van der Waals surface area contributed by atoms with Crippen LogP contribution in [0.4, 0.5) is 0 Å². The lowest BCUT2D eigenvalue weighted by atomic mass is 10.2. The van der Waals surface area contributed by atoms with Gasteiger partial charge in [-0.25, -0.2) is 14.5 Å². The second-order valence-corrected chi connectivity index (χ2v) is 6.26. The van der Waals surface area contributed by atoms with E-state index in [1.165, 1.54) is 6.08 Å². The molecule has 0 saturated heterocycles. The highest BCUT2D eigenvalue weighted by Crippen LogP contribution is 2.12. The van der Waals surface area contributed by atoms with Gasteiger partial charge in [-0.3, -0.25) is 0 Å². The van der Waals surface area contributed by atoms with Gasteiger partial charge in [-0.2, -0.15) is 0 Å². The normalized spacial score (nSPS) is 11.1. The first-order chi connectivity index (χ1) is 13.8. The number of carbonyl (C=O) groups is 1. The van der Waals surface area contributed by atoms with E-state index in [0.29, 0.717) is 17.9 Å². The second-order valence-electron chi connectivity index (χ2n) is 6.26. The lowest BCUT2D eigenvalue weighted by Crippen LogP contribution is -2.02. The van der Waals surface area contributed by atoms with Gasteiger partial charge in [0.2, 0.25) is 0 Å². The van der Waals surface area contributed by atoms with Gasteiger partial charge < -0.3 is 4.74 Å². The molecule has 0 radical (unpaired) electrons. The van der Waals surface area contributed by atoms with Gasteiger partial charge in [0.25, 0.3) is 0 Å². The summed E-state index contributed by atoms with van der Waals surface area (Å²) in [6.45, 7) is 0.745. The third-order valence-electron chi connectivity index (χ3n) is 4.15. The van der Waals surface area contributed by atoms with E-state index in [0.717, 1.165) is 16.5 Å². The van der Waals surface area contributed by atoms with Crippen molar-refractivity contribution in [1.29, 1.82) is 0 Å². The lowest BCUT2D eigenvalue weighted by molar-refractivity contribution is -0.139. The maximum atomic E-state index is 12.0. The van der Waals surface area contributed by atoms with Crippen LogP contribution in [0.15, 0.2) is 79.0 Å². The average Bonchev–Trinajstić information content (AvgIpc) is 3.18. The van der Waals surface area contributed by atoms with Crippen molar-refractivity contribution in [3.8, 4) is 0 Å². The maximum Gasteiger partial charge on any atom is 0.331 e. The molecule has 4 aromatic rings. The molecule has 0 aliphatic rings. The van der Waals surface area contributed by atoms with Gasteiger partial charge in [-0.15, -0.1) is 5.10 Å². The number of hydrogen-bond acceptors (Lipinski definition) is 5. The van der Waals surface area contributed by atoms with Gasteiger partial charge in [0.05, 0.1) is 24.0 Å². The molecule has 0 atom stereocenters. The molecular weight excluding hydrogens is 352 g/mol. The summed E-state index contributed by atoms with van der Waals surface area (Å²) in [7, 11) is 0. The molecule has 0 saturated carbocycles. The zero-order valence-electron chi connectivity index (χ0n) is 15.1. The highest BCUT2D eigenvalue weighted by molar-refractivity contribution is 5.86. The van der Waals surface area contributed by atoms with Gasteiger partial charge in [0, 0.05) is 11.5 Å². The second kappa shape index (κ2) is 8.26. The monoisotopic (exact) mass is 370 g/mol. The maximum absolute atomic E-state index is 12.0. The number of carbonyl (C=O) groups excluding carboxylic acids is 1. The molecule has 0 N–H and O–H groups in total. The van der Waals surface area contributed by atoms with Crippen molar-refractivity contribution in [1.82, 2.24) is 20.0 Å². The van der Waals surface area contributed by atoms with Crippen molar-refractivity contribution in [2.75, 3.05) is 0 Å². The van der Waals surface area contributed by atoms with Crippen LogP contribution in [0.3, 0.4) is 0 Å². The van der Waals surface area contributed by atoms with E-state index in [9.17, 15) is 4.79 Å². The summed E-state index contributed by atoms with van der Waals surface area (Å²) < 4.78 is 6.98. The smallest absolute Gasteiger partial charge is 0.331 e. The zero-order valence-corrected chi connectivity index (χ0v) is 15.1. The Morgan fingerprint density at radius 3 is 2.71 bits per heavy atom. The number of pyridine rings is 1. The Balaban J connectivity index is 1.32. The van der Waals surface area contributed by atoms with Crippen LogP contribution in [0.1, 0.15) is 17.0 Å². The lowest BCUT2D eigenvalue weighted by Gasteiger charge is -2.03. The molecule has 0 unspecified atom stereocenters. The fourth-order valence-electron chi connectivity index (χ4n) is 2.77. The SMILES string of the molecule is O=C(/C=C/c1cn(Cc2ccccc2)nn1)OCc1ccc2ccccc2n1. The predicted molar refractivity (Wildman–Crippen MR) is 106 cm³/mol. The van der Waals surface area contributed by atoms with Gasteiger partial charge >= 0.3 is 5.97 Å². The Bertz CT molecular complexity index is 1120. The van der Waals surface area contributed by atoms with E-state index >= 15 is 0 Å². The quantitative estimate of drug-likeness (QED) is 0.383. The van der Waals surface area contributed by atoms with Gasteiger partial charge in [-0.05, 0) is 23.8 Å². The van der Waals surface area contributed by atoms with E-state index in [2.05, 4.69) is 15.3 Å². The third-order valence-corrected chi connectivity index (χ3v) is 4.15. The fourth-order valence-corrected chi connectivity index (χ4v) is 2.77. The summed E-state index contributed by atoms with van der Waals surface area (Å²) in [5.41, 5.74) is 3.30. The summed E-state index contributed by atoms with van der Waals surface area (Å²) >= 11 is 0. The van der Waals surface area contributed by atoms with Crippen LogP contribution >= 0.6 is 0 Å². The molecule has 0 fully saturated rings. The van der Waals surface area contributed by atoms with E-state index in [1.54, 1.807) is 17.0 Å². The van der Waals surface area contributed by atoms with Crippen molar-refractivity contribution >= 4 is 22.9 Å². The van der Waals surface area contributed by atoms with Crippen molar-refractivity contribution in [2.24, 2.45) is 0 Å². The standard InChI is InChI=1S/C22H18N4O2/c27-22(28-16-20-11-10-18-8-4-5-9-21(18)23-20)13-12-19-15-26(25-24-19)14-17-6-2-1-3-7-17/h1-13,15H,14,16H2/b13-12+. The molecule has 2 aromatic heterocycles. The Kier molecular flexibility index (Phi) is 5.20. The molecule has 0 aliphatic carbocycles. The number of aromatic nitrogens is 4. The van der Waals surface area contributed by atoms with Crippen LogP contribution in [0, 0.1) is 0 Å². The number of hydrogen-bond donors (Lipinski definition) is 0. The Morgan fingerprint density at radius 1 is 1.00 bits per heavy atom. The number of para-hydroxylation sites is 1. The summed E-state index contributed by atoms with van der Waals surface area (Å²) in [5.74, 6) is -0.451. The molecule has 0 spiro atoms. The van der Waals surface area contributed by atoms with Crippen LogP contribution in [0.5, 0.6) is 0 Å². The fraction of sp³-hybridized carbons (Fsp3) is 0.0909. The molecule has 0 bridgehead atoms. The van der Waals surface area contributed by atoms with Crippen molar-refractivity contribution in [2.45, 2.75) is 13.2 Å². The van der Waals surface area contributed by atoms with Crippen LogP contribution in [0.25, 0.3) is 17.0 Å². The average molecular weight is 370 g/mol. The van der Waals surface area contributed by atoms with E-state index in [-0.39, 0.29) is 6.61 Å². The third kappa shape index (κ3) is 4.48. The van der Waals surface area contributed by atoms with Crippen LogP contribution in [0.2, 0.25) is 0 Å². The summed E-state index contributed by atoms with van der Waals surface area (Å²) in [4.78, 5) is 16.4. The van der Waals surface area contributed by atoms with E-state index in [4.69, 9.17) is 4.74 Å². The minimum absolute atomic E-state index is 0.120. The largest absolute Gasteiger partial charge is 0.456 e. The minimum atomic E-state index is -0.451. The number of rotatable bonds is 6. The highest BCUT2D eigenvalue weighted by Gasteiger charge is 2.03. The van der Waals surface area contributed by atoms with Crippen LogP contribution in [-0.2, 0) is 22.7 Å². The van der Waals surface area contributed by atoms with Crippen molar-refractivity contribution in [3.05, 3.63) is 96.0 Å². The highest BCUT2D eigenvalue weighted by atomic mass is 16.5. The minimum Gasteiger partial charge on any atom is -0.456 e. The summed E-state index contributed by atoms with van der Waals surface area (Å²) in [6, 6.07) is 21.6. The predicted octanol–water partition coefficient (Wildman–Crippen LogP) is 3.63. The van der Waals surface area contributed by atoms with Crippen LogP contribution in [-0.4, -0.2) is 25.9 Å². The number of nitrogens with zero attached hydrogens (tertiary/aromatic N) is 4. The molecular formula is C22H18N4O2. The number of esters is 1. The molecule has 6 nitrogen and oxygen atoms in total. The number of ether oxygens (including phenoxy) is 1. The van der Waals surface area contributed by atoms with Crippen molar-refractivity contribution in [3.63, 3.8) is 0 Å². The Hall–Kier alpha value is -3.80. The van der Waals surface area contributed by atoms with E-state index in [1.807, 2.05) is 66.7 Å². The molecule has 4 rings (SSSR count). The molecule has 2 aromatic carbocycles. The topological polar surface area (TPSA) is 69.9 Å². The first-order valence-electron chi connectivity index (χ1n) is 8.90. The van der Waals surface area contributed by atoms with Gasteiger partial charge in [0.1, 0.15) is 12.3 Å². The summed E-state index contributed by atoms with van der Waals surface area (Å²) in [5, 5.41) is 9.16. The number of fused-ring (bicyclic) bond motifs is 1. The Morgan fingerprint density at radius 2 is 1.82 bits per heavy atom. The Labute approximate surface area is 162 Å². The molecule has 138 valence electrons. The summed E-state index contributed by atoms with van der Waals surface area (Å²) in [6.07, 6.45) is 4.71. The first-order valence-corrected chi connectivity index (χ1v) is 8.90. The number of benzene rings is 2. The van der Waals surface area contributed by atoms with Gasteiger partial charge in [0.15, 0.2) is 0 Å².